The maximum atomic E-state index is 12.4. The van der Waals surface area contributed by atoms with Crippen molar-refractivity contribution in [2.24, 2.45) is 5.92 Å². The molecule has 1 N–H and O–H groups in total. The van der Waals surface area contributed by atoms with E-state index in [-0.39, 0.29) is 5.92 Å². The molecule has 0 radical (unpaired) electrons. The lowest BCUT2D eigenvalue weighted by atomic mass is 10.0. The molecule has 1 aliphatic carbocycles. The second kappa shape index (κ2) is 3.52. The third-order valence-corrected chi connectivity index (χ3v) is 2.62. The molecule has 15 heavy (non-hydrogen) atoms. The molecule has 0 aromatic heterocycles. The predicted molar refractivity (Wildman–Crippen MR) is 49.1 cm³/mol. The molecular weight excluding hydrogens is 205 g/mol. The highest BCUT2D eigenvalue weighted by Gasteiger charge is 2.34. The van der Waals surface area contributed by atoms with E-state index in [1.165, 1.54) is 12.1 Å². The van der Waals surface area contributed by atoms with Gasteiger partial charge in [0.15, 0.2) is 0 Å². The first-order valence-corrected chi connectivity index (χ1v) is 4.84. The van der Waals surface area contributed by atoms with Gasteiger partial charge in [0.05, 0.1) is 11.7 Å². The van der Waals surface area contributed by atoms with E-state index in [1.807, 2.05) is 0 Å². The number of hydrogen-bond acceptors (Lipinski definition) is 1. The van der Waals surface area contributed by atoms with Crippen molar-refractivity contribution < 1.29 is 18.3 Å². The topological polar surface area (TPSA) is 20.2 Å². The van der Waals surface area contributed by atoms with Gasteiger partial charge in [-0.25, -0.2) is 0 Å². The van der Waals surface area contributed by atoms with E-state index in [4.69, 9.17) is 0 Å². The molecule has 82 valence electrons. The number of hydrogen-bond donors (Lipinski definition) is 1. The van der Waals surface area contributed by atoms with E-state index in [0.717, 1.165) is 25.0 Å². The van der Waals surface area contributed by atoms with Gasteiger partial charge in [-0.05, 0) is 36.5 Å². The highest BCUT2D eigenvalue weighted by atomic mass is 19.4. The lowest BCUT2D eigenvalue weighted by Gasteiger charge is -2.12. The first-order valence-electron chi connectivity index (χ1n) is 4.84. The third-order valence-electron chi connectivity index (χ3n) is 2.62. The molecule has 1 nitrogen and oxygen atoms in total. The number of benzene rings is 1. The molecule has 1 saturated carbocycles. The van der Waals surface area contributed by atoms with Crippen LogP contribution < -0.4 is 0 Å². The molecule has 0 aliphatic heterocycles. The zero-order valence-corrected chi connectivity index (χ0v) is 7.96. The highest BCUT2D eigenvalue weighted by molar-refractivity contribution is 5.28. The Kier molecular flexibility index (Phi) is 2.46. The van der Waals surface area contributed by atoms with Gasteiger partial charge >= 0.3 is 6.18 Å². The molecule has 0 spiro atoms. The van der Waals surface area contributed by atoms with Gasteiger partial charge in [-0.2, -0.15) is 13.2 Å². The third kappa shape index (κ3) is 2.31. The summed E-state index contributed by atoms with van der Waals surface area (Å²) in [6, 6.07) is 4.92. The smallest absolute Gasteiger partial charge is 0.388 e. The molecule has 2 rings (SSSR count). The number of aliphatic hydroxyl groups is 1. The maximum Gasteiger partial charge on any atom is 0.416 e. The zero-order valence-electron chi connectivity index (χ0n) is 7.96. The van der Waals surface area contributed by atoms with Crippen LogP contribution in [0, 0.1) is 5.92 Å². The quantitative estimate of drug-likeness (QED) is 0.805. The Balaban J connectivity index is 2.25. The average Bonchev–Trinajstić information content (AvgIpc) is 2.99. The van der Waals surface area contributed by atoms with Crippen molar-refractivity contribution in [1.29, 1.82) is 0 Å². The second-order valence-corrected chi connectivity index (χ2v) is 3.91. The maximum absolute atomic E-state index is 12.4. The Labute approximate surface area is 85.5 Å². The van der Waals surface area contributed by atoms with Crippen LogP contribution in [0.15, 0.2) is 24.3 Å². The summed E-state index contributed by atoms with van der Waals surface area (Å²) < 4.78 is 37.1. The van der Waals surface area contributed by atoms with Crippen LogP contribution in [0.3, 0.4) is 0 Å². The molecule has 1 atom stereocenters. The van der Waals surface area contributed by atoms with Gasteiger partial charge in [-0.3, -0.25) is 0 Å². The molecule has 1 unspecified atom stereocenters. The first kappa shape index (κ1) is 10.5. The van der Waals surface area contributed by atoms with Crippen LogP contribution in [0.5, 0.6) is 0 Å². The summed E-state index contributed by atoms with van der Waals surface area (Å²) in [5.74, 6) is 0.147. The van der Waals surface area contributed by atoms with E-state index in [9.17, 15) is 18.3 Å². The van der Waals surface area contributed by atoms with Gasteiger partial charge in [-0.1, -0.05) is 12.1 Å². The van der Waals surface area contributed by atoms with Crippen LogP contribution in [0.25, 0.3) is 0 Å². The fraction of sp³-hybridized carbons (Fsp3) is 0.455. The van der Waals surface area contributed by atoms with Crippen molar-refractivity contribution in [2.45, 2.75) is 25.1 Å². The van der Waals surface area contributed by atoms with E-state index in [2.05, 4.69) is 0 Å². The van der Waals surface area contributed by atoms with Crippen molar-refractivity contribution >= 4 is 0 Å². The predicted octanol–water partition coefficient (Wildman–Crippen LogP) is 3.15. The Morgan fingerprint density at radius 3 is 2.47 bits per heavy atom. The molecule has 0 bridgehead atoms. The largest absolute Gasteiger partial charge is 0.416 e. The van der Waals surface area contributed by atoms with Crippen LogP contribution in [0.2, 0.25) is 0 Å². The normalized spacial score (nSPS) is 18.9. The summed E-state index contributed by atoms with van der Waals surface area (Å²) in [7, 11) is 0. The van der Waals surface area contributed by atoms with Gasteiger partial charge < -0.3 is 5.11 Å². The van der Waals surface area contributed by atoms with Gasteiger partial charge in [0.2, 0.25) is 0 Å². The fourth-order valence-electron chi connectivity index (χ4n) is 1.58. The van der Waals surface area contributed by atoms with Gasteiger partial charge in [0.1, 0.15) is 0 Å². The minimum Gasteiger partial charge on any atom is -0.388 e. The number of alkyl halides is 3. The summed E-state index contributed by atoms with van der Waals surface area (Å²) in [6.45, 7) is 0. The molecule has 1 aromatic rings. The minimum absolute atomic E-state index is 0.147. The van der Waals surface area contributed by atoms with E-state index < -0.39 is 17.8 Å². The molecule has 1 fully saturated rings. The van der Waals surface area contributed by atoms with Crippen molar-refractivity contribution in [3.8, 4) is 0 Å². The zero-order chi connectivity index (χ0) is 11.1. The van der Waals surface area contributed by atoms with Crippen molar-refractivity contribution in [3.63, 3.8) is 0 Å². The van der Waals surface area contributed by atoms with Crippen LogP contribution in [0.1, 0.15) is 30.1 Å². The van der Waals surface area contributed by atoms with Crippen molar-refractivity contribution in [2.75, 3.05) is 0 Å². The van der Waals surface area contributed by atoms with Gasteiger partial charge in [0.25, 0.3) is 0 Å². The summed E-state index contributed by atoms with van der Waals surface area (Å²) in [6.07, 6.45) is -3.28. The van der Waals surface area contributed by atoms with Crippen LogP contribution >= 0.6 is 0 Å². The Hall–Kier alpha value is -1.03. The summed E-state index contributed by atoms with van der Waals surface area (Å²) in [5, 5.41) is 9.68. The van der Waals surface area contributed by atoms with E-state index in [1.54, 1.807) is 0 Å². The highest BCUT2D eigenvalue weighted by Crippen LogP contribution is 2.41. The Bertz CT molecular complexity index is 355. The van der Waals surface area contributed by atoms with Crippen LogP contribution in [-0.4, -0.2) is 5.11 Å². The van der Waals surface area contributed by atoms with Gasteiger partial charge in [-0.15, -0.1) is 0 Å². The standard InChI is InChI=1S/C11H11F3O/c12-11(13,14)9-3-1-2-8(6-9)10(15)7-4-5-7/h1-3,6-7,10,15H,4-5H2. The Morgan fingerprint density at radius 1 is 1.27 bits per heavy atom. The number of rotatable bonds is 2. The lowest BCUT2D eigenvalue weighted by molar-refractivity contribution is -0.137. The lowest BCUT2D eigenvalue weighted by Crippen LogP contribution is -2.07. The number of aliphatic hydroxyl groups excluding tert-OH is 1. The SMILES string of the molecule is OC(c1cccc(C(F)(F)F)c1)C1CC1. The Morgan fingerprint density at radius 2 is 1.93 bits per heavy atom. The molecule has 0 saturated heterocycles. The molecule has 4 heteroatoms. The van der Waals surface area contributed by atoms with Crippen LogP contribution in [-0.2, 0) is 6.18 Å². The summed E-state index contributed by atoms with van der Waals surface area (Å²) >= 11 is 0. The summed E-state index contributed by atoms with van der Waals surface area (Å²) in [5.41, 5.74) is -0.327. The first-order chi connectivity index (χ1) is 6.98. The average molecular weight is 216 g/mol. The van der Waals surface area contributed by atoms with Crippen molar-refractivity contribution in [1.82, 2.24) is 0 Å². The van der Waals surface area contributed by atoms with E-state index >= 15 is 0 Å². The monoisotopic (exact) mass is 216 g/mol. The molecule has 0 amide bonds. The molecule has 1 aromatic carbocycles. The summed E-state index contributed by atoms with van der Waals surface area (Å²) in [4.78, 5) is 0. The number of halogens is 3. The van der Waals surface area contributed by atoms with Crippen LogP contribution in [0.4, 0.5) is 13.2 Å². The second-order valence-electron chi connectivity index (χ2n) is 3.91. The molecule has 0 heterocycles. The fourth-order valence-corrected chi connectivity index (χ4v) is 1.58. The van der Waals surface area contributed by atoms with E-state index in [0.29, 0.717) is 5.56 Å². The van der Waals surface area contributed by atoms with Gasteiger partial charge in [0, 0.05) is 0 Å². The molecular formula is C11H11F3O. The molecule has 1 aliphatic rings. The van der Waals surface area contributed by atoms with Crippen molar-refractivity contribution in [3.05, 3.63) is 35.4 Å². The minimum atomic E-state index is -4.33.